The van der Waals surface area contributed by atoms with Gasteiger partial charge in [-0.25, -0.2) is 4.79 Å². The van der Waals surface area contributed by atoms with Crippen molar-refractivity contribution in [1.82, 2.24) is 15.2 Å². The molecular weight excluding hydrogens is 528 g/mol. The van der Waals surface area contributed by atoms with Crippen molar-refractivity contribution in [3.8, 4) is 11.1 Å². The molecule has 0 saturated carbocycles. The van der Waals surface area contributed by atoms with E-state index in [-0.39, 0.29) is 11.3 Å². The number of aromatic nitrogens is 1. The Morgan fingerprint density at radius 1 is 0.929 bits per heavy atom. The fourth-order valence-electron chi connectivity index (χ4n) is 5.47. The van der Waals surface area contributed by atoms with Gasteiger partial charge in [0.15, 0.2) is 0 Å². The summed E-state index contributed by atoms with van der Waals surface area (Å²) >= 11 is 0. The Balaban J connectivity index is 1.14. The minimum absolute atomic E-state index is 0.0783. The predicted molar refractivity (Wildman–Crippen MR) is 164 cm³/mol. The highest BCUT2D eigenvalue weighted by Crippen LogP contribution is 2.36. The molecule has 8 nitrogen and oxygen atoms in total. The van der Waals surface area contributed by atoms with E-state index >= 15 is 0 Å². The maximum absolute atomic E-state index is 13.0. The van der Waals surface area contributed by atoms with Gasteiger partial charge in [0.2, 0.25) is 5.88 Å². The van der Waals surface area contributed by atoms with Crippen molar-refractivity contribution in [2.45, 2.75) is 39.0 Å². The molecule has 2 N–H and O–H groups in total. The first-order valence-corrected chi connectivity index (χ1v) is 14.3. The second-order valence-electron chi connectivity index (χ2n) is 11.6. The molecule has 2 amide bonds. The SMILES string of the molecule is CC(C)(C)c1ccccc1C1OC=C(NC(=O)Nc2ccc(-c3ccc(CN4CCOCC4)nc3)c3ccccc23)O1. The molecule has 3 aromatic carbocycles. The number of benzene rings is 3. The zero-order valence-electron chi connectivity index (χ0n) is 24.2. The molecule has 1 unspecified atom stereocenters. The van der Waals surface area contributed by atoms with Crippen LogP contribution in [0.3, 0.4) is 0 Å². The summed E-state index contributed by atoms with van der Waals surface area (Å²) in [6, 6.07) is 23.8. The van der Waals surface area contributed by atoms with Gasteiger partial charge < -0.3 is 19.5 Å². The minimum atomic E-state index is -0.621. The number of fused-ring (bicyclic) bond motifs is 1. The van der Waals surface area contributed by atoms with Crippen LogP contribution in [0.5, 0.6) is 0 Å². The highest BCUT2D eigenvalue weighted by atomic mass is 16.7. The van der Waals surface area contributed by atoms with Crippen molar-refractivity contribution >= 4 is 22.5 Å². The first-order chi connectivity index (χ1) is 20.3. The maximum Gasteiger partial charge on any atom is 0.326 e. The Kier molecular flexibility index (Phi) is 7.82. The Bertz CT molecular complexity index is 1600. The molecule has 4 aromatic rings. The summed E-state index contributed by atoms with van der Waals surface area (Å²) in [5.41, 5.74) is 5.79. The summed E-state index contributed by atoms with van der Waals surface area (Å²) in [7, 11) is 0. The number of carbonyl (C=O) groups excluding carboxylic acids is 1. The number of hydrogen-bond acceptors (Lipinski definition) is 6. The van der Waals surface area contributed by atoms with Gasteiger partial charge in [0.1, 0.15) is 6.26 Å². The van der Waals surface area contributed by atoms with Gasteiger partial charge >= 0.3 is 6.03 Å². The highest BCUT2D eigenvalue weighted by Gasteiger charge is 2.29. The van der Waals surface area contributed by atoms with E-state index in [9.17, 15) is 4.79 Å². The van der Waals surface area contributed by atoms with Crippen molar-refractivity contribution in [2.24, 2.45) is 0 Å². The minimum Gasteiger partial charge on any atom is -0.453 e. The summed E-state index contributed by atoms with van der Waals surface area (Å²) in [5, 5.41) is 7.71. The molecule has 42 heavy (non-hydrogen) atoms. The van der Waals surface area contributed by atoms with Crippen LogP contribution in [0.1, 0.15) is 43.9 Å². The molecule has 1 fully saturated rings. The smallest absolute Gasteiger partial charge is 0.326 e. The molecule has 0 radical (unpaired) electrons. The van der Waals surface area contributed by atoms with Crippen LogP contribution >= 0.6 is 0 Å². The molecule has 0 aliphatic carbocycles. The average Bonchev–Trinajstić information content (AvgIpc) is 3.46. The summed E-state index contributed by atoms with van der Waals surface area (Å²) in [6.07, 6.45) is 2.75. The monoisotopic (exact) mass is 564 g/mol. The van der Waals surface area contributed by atoms with E-state index in [0.29, 0.717) is 5.69 Å². The molecule has 1 aromatic heterocycles. The quantitative estimate of drug-likeness (QED) is 0.271. The van der Waals surface area contributed by atoms with Gasteiger partial charge in [0.25, 0.3) is 6.29 Å². The van der Waals surface area contributed by atoms with Crippen LogP contribution in [0.25, 0.3) is 21.9 Å². The normalized spacial score (nSPS) is 17.3. The standard InChI is InChI=1S/C34H36N4O4/c1-34(2,3)29-11-7-6-10-28(29)32-41-22-31(42-32)37-33(39)36-30-15-14-25(26-8-4-5-9-27(26)30)23-12-13-24(35-20-23)21-38-16-18-40-19-17-38/h4-15,20,22,32H,16-19,21H2,1-3H3,(H2,36,37,39). The third-order valence-electron chi connectivity index (χ3n) is 7.59. The van der Waals surface area contributed by atoms with E-state index in [1.165, 1.54) is 6.26 Å². The van der Waals surface area contributed by atoms with E-state index in [0.717, 1.165) is 71.6 Å². The number of pyridine rings is 1. The number of morpholine rings is 1. The molecule has 1 saturated heterocycles. The lowest BCUT2D eigenvalue weighted by Gasteiger charge is -2.26. The van der Waals surface area contributed by atoms with Crippen molar-refractivity contribution in [2.75, 3.05) is 31.6 Å². The van der Waals surface area contributed by atoms with Crippen molar-refractivity contribution < 1.29 is 19.0 Å². The molecule has 2 aliphatic heterocycles. The zero-order valence-corrected chi connectivity index (χ0v) is 24.2. The fraction of sp³-hybridized carbons (Fsp3) is 0.294. The average molecular weight is 565 g/mol. The van der Waals surface area contributed by atoms with Gasteiger partial charge in [-0.05, 0) is 34.1 Å². The third-order valence-corrected chi connectivity index (χ3v) is 7.59. The molecule has 0 bridgehead atoms. The Labute approximate surface area is 246 Å². The molecule has 8 heteroatoms. The number of carbonyl (C=O) groups is 1. The second-order valence-corrected chi connectivity index (χ2v) is 11.6. The predicted octanol–water partition coefficient (Wildman–Crippen LogP) is 6.70. The number of hydrogen-bond donors (Lipinski definition) is 2. The van der Waals surface area contributed by atoms with Crippen LogP contribution in [-0.2, 0) is 26.2 Å². The lowest BCUT2D eigenvalue weighted by Crippen LogP contribution is -2.35. The second kappa shape index (κ2) is 11.8. The van der Waals surface area contributed by atoms with Gasteiger partial charge in [0, 0.05) is 42.3 Å². The molecule has 6 rings (SSSR count). The fourth-order valence-corrected chi connectivity index (χ4v) is 5.47. The van der Waals surface area contributed by atoms with E-state index in [1.54, 1.807) is 0 Å². The number of amides is 2. The lowest BCUT2D eigenvalue weighted by molar-refractivity contribution is -0.0376. The number of ether oxygens (including phenoxy) is 3. The Morgan fingerprint density at radius 2 is 1.69 bits per heavy atom. The number of nitrogens with one attached hydrogen (secondary N) is 2. The van der Waals surface area contributed by atoms with E-state index in [1.807, 2.05) is 54.7 Å². The van der Waals surface area contributed by atoms with Crippen molar-refractivity contribution in [1.29, 1.82) is 0 Å². The highest BCUT2D eigenvalue weighted by molar-refractivity contribution is 6.07. The number of anilines is 1. The van der Waals surface area contributed by atoms with E-state index in [4.69, 9.17) is 19.2 Å². The van der Waals surface area contributed by atoms with Gasteiger partial charge in [-0.1, -0.05) is 81.4 Å². The summed E-state index contributed by atoms with van der Waals surface area (Å²) < 4.78 is 17.2. The van der Waals surface area contributed by atoms with Gasteiger partial charge in [0.05, 0.1) is 24.6 Å². The molecule has 0 spiro atoms. The summed E-state index contributed by atoms with van der Waals surface area (Å²) in [4.78, 5) is 20.1. The third kappa shape index (κ3) is 6.10. The van der Waals surface area contributed by atoms with Gasteiger partial charge in [-0.2, -0.15) is 0 Å². The van der Waals surface area contributed by atoms with E-state index < -0.39 is 12.3 Å². The van der Waals surface area contributed by atoms with Crippen LogP contribution < -0.4 is 10.6 Å². The maximum atomic E-state index is 13.0. The Morgan fingerprint density at radius 3 is 2.45 bits per heavy atom. The molecular formula is C34H36N4O4. The van der Waals surface area contributed by atoms with Crippen molar-refractivity contribution in [3.05, 3.63) is 108 Å². The molecule has 1 atom stereocenters. The number of nitrogens with zero attached hydrogens (tertiary/aromatic N) is 2. The van der Waals surface area contributed by atoms with Crippen LogP contribution in [0.4, 0.5) is 10.5 Å². The molecule has 2 aliphatic rings. The topological polar surface area (TPSA) is 85.0 Å². The Hall–Kier alpha value is -4.40. The van der Waals surface area contributed by atoms with Crippen LogP contribution in [0.15, 0.2) is 91.1 Å². The zero-order chi connectivity index (χ0) is 29.1. The largest absolute Gasteiger partial charge is 0.453 e. The molecule has 3 heterocycles. The number of rotatable bonds is 6. The van der Waals surface area contributed by atoms with Crippen LogP contribution in [-0.4, -0.2) is 42.2 Å². The van der Waals surface area contributed by atoms with Crippen molar-refractivity contribution in [3.63, 3.8) is 0 Å². The lowest BCUT2D eigenvalue weighted by atomic mass is 9.83. The van der Waals surface area contributed by atoms with Crippen LogP contribution in [0, 0.1) is 0 Å². The van der Waals surface area contributed by atoms with Crippen LogP contribution in [0.2, 0.25) is 0 Å². The van der Waals surface area contributed by atoms with E-state index in [2.05, 4.69) is 60.6 Å². The first kappa shape index (κ1) is 27.8. The van der Waals surface area contributed by atoms with Gasteiger partial charge in [-0.3, -0.25) is 15.2 Å². The summed E-state index contributed by atoms with van der Waals surface area (Å²) in [5.74, 6) is 0.255. The van der Waals surface area contributed by atoms with Gasteiger partial charge in [-0.15, -0.1) is 0 Å². The first-order valence-electron chi connectivity index (χ1n) is 14.3. The molecule has 216 valence electrons. The summed E-state index contributed by atoms with van der Waals surface area (Å²) in [6.45, 7) is 10.7. The number of urea groups is 1.